The van der Waals surface area contributed by atoms with Gasteiger partial charge in [-0.05, 0) is 18.4 Å². The van der Waals surface area contributed by atoms with E-state index in [1.165, 1.54) is 37.7 Å². The van der Waals surface area contributed by atoms with Gasteiger partial charge in [0.05, 0.1) is 30.4 Å². The molecule has 11 heteroatoms. The van der Waals surface area contributed by atoms with Crippen LogP contribution in [0.2, 0.25) is 0 Å². The normalized spacial score (nSPS) is 10.6. The van der Waals surface area contributed by atoms with E-state index in [9.17, 15) is 14.9 Å². The first-order valence-corrected chi connectivity index (χ1v) is 11.5. The molecule has 0 saturated heterocycles. The lowest BCUT2D eigenvalue weighted by Gasteiger charge is -2.12. The van der Waals surface area contributed by atoms with Crippen molar-refractivity contribution in [2.24, 2.45) is 0 Å². The third-order valence-corrected chi connectivity index (χ3v) is 5.88. The lowest BCUT2D eigenvalue weighted by Crippen LogP contribution is -2.15. The van der Waals surface area contributed by atoms with Gasteiger partial charge in [-0.1, -0.05) is 12.1 Å². The van der Waals surface area contributed by atoms with Crippen LogP contribution < -0.4 is 14.8 Å². The molecule has 0 spiro atoms. The maximum absolute atomic E-state index is 12.8. The number of hydrogen-bond acceptors (Lipinski definition) is 9. The molecule has 0 fully saturated rings. The quantitative estimate of drug-likeness (QED) is 0.194. The van der Waals surface area contributed by atoms with Crippen LogP contribution in [-0.2, 0) is 4.74 Å². The molecule has 2 aromatic carbocycles. The van der Waals surface area contributed by atoms with Crippen LogP contribution in [0.1, 0.15) is 10.4 Å². The Balaban J connectivity index is 1.83. The van der Waals surface area contributed by atoms with Crippen molar-refractivity contribution in [3.8, 4) is 22.8 Å². The maximum atomic E-state index is 12.8. The minimum absolute atomic E-state index is 0.151. The SMILES string of the molecule is COCCOc1cc([N+](=O)[O-])c(C(=O)Nc2nc(-c3ccc(SC)cc3)cs2)cc1OC. The standard InChI is InChI=1S/C21H21N3O6S2/c1-28-8-9-30-19-11-17(24(26)27)15(10-18(19)29-2)20(25)23-21-22-16(12-32-21)13-4-6-14(31-3)7-5-13/h4-7,10-12H,8-9H2,1-3H3,(H,22,23,25). The predicted molar refractivity (Wildman–Crippen MR) is 124 cm³/mol. The average molecular weight is 476 g/mol. The number of anilines is 1. The summed E-state index contributed by atoms with van der Waals surface area (Å²) >= 11 is 2.87. The molecule has 32 heavy (non-hydrogen) atoms. The molecule has 168 valence electrons. The number of carbonyl (C=O) groups excluding carboxylic acids is 1. The van der Waals surface area contributed by atoms with Crippen molar-refractivity contribution in [3.05, 3.63) is 57.5 Å². The average Bonchev–Trinajstić information content (AvgIpc) is 3.27. The number of carbonyl (C=O) groups is 1. The molecule has 1 heterocycles. The number of amides is 1. The van der Waals surface area contributed by atoms with E-state index in [2.05, 4.69) is 10.3 Å². The zero-order valence-corrected chi connectivity index (χ0v) is 19.2. The predicted octanol–water partition coefficient (Wildman–Crippen LogP) is 4.73. The molecule has 0 unspecified atom stereocenters. The van der Waals surface area contributed by atoms with Gasteiger partial charge in [0.2, 0.25) is 0 Å². The van der Waals surface area contributed by atoms with Crippen LogP contribution in [0.5, 0.6) is 11.5 Å². The number of ether oxygens (including phenoxy) is 3. The van der Waals surface area contributed by atoms with Crippen LogP contribution >= 0.6 is 23.1 Å². The first-order valence-electron chi connectivity index (χ1n) is 9.36. The van der Waals surface area contributed by atoms with E-state index in [1.807, 2.05) is 35.9 Å². The Morgan fingerprint density at radius 1 is 1.19 bits per heavy atom. The second-order valence-corrected chi connectivity index (χ2v) is 8.08. The van der Waals surface area contributed by atoms with E-state index in [0.29, 0.717) is 17.4 Å². The number of nitrogens with one attached hydrogen (secondary N) is 1. The summed E-state index contributed by atoms with van der Waals surface area (Å²) < 4.78 is 15.7. The summed E-state index contributed by atoms with van der Waals surface area (Å²) in [5, 5.41) is 16.4. The fourth-order valence-corrected chi connectivity index (χ4v) is 3.90. The van der Waals surface area contributed by atoms with Gasteiger partial charge in [-0.25, -0.2) is 4.98 Å². The van der Waals surface area contributed by atoms with Gasteiger partial charge in [-0.15, -0.1) is 23.1 Å². The van der Waals surface area contributed by atoms with Crippen molar-refractivity contribution in [1.82, 2.24) is 4.98 Å². The third kappa shape index (κ3) is 5.55. The minimum atomic E-state index is -0.669. The second kappa shape index (κ2) is 10.9. The number of benzene rings is 2. The topological polar surface area (TPSA) is 113 Å². The highest BCUT2D eigenvalue weighted by molar-refractivity contribution is 7.98. The van der Waals surface area contributed by atoms with Gasteiger partial charge in [-0.2, -0.15) is 0 Å². The van der Waals surface area contributed by atoms with Gasteiger partial charge in [-0.3, -0.25) is 20.2 Å². The van der Waals surface area contributed by atoms with Crippen molar-refractivity contribution < 1.29 is 23.9 Å². The number of nitro benzene ring substituents is 1. The zero-order valence-electron chi connectivity index (χ0n) is 17.6. The smallest absolute Gasteiger partial charge is 0.286 e. The van der Waals surface area contributed by atoms with Gasteiger partial charge >= 0.3 is 0 Å². The lowest BCUT2D eigenvalue weighted by molar-refractivity contribution is -0.385. The van der Waals surface area contributed by atoms with Crippen LogP contribution in [0.4, 0.5) is 10.8 Å². The molecule has 0 bridgehead atoms. The Morgan fingerprint density at radius 3 is 2.56 bits per heavy atom. The van der Waals surface area contributed by atoms with E-state index in [-0.39, 0.29) is 23.7 Å². The van der Waals surface area contributed by atoms with Crippen molar-refractivity contribution in [1.29, 1.82) is 0 Å². The monoisotopic (exact) mass is 475 g/mol. The number of hydrogen-bond donors (Lipinski definition) is 1. The second-order valence-electron chi connectivity index (χ2n) is 6.34. The van der Waals surface area contributed by atoms with Gasteiger partial charge in [0.1, 0.15) is 12.2 Å². The van der Waals surface area contributed by atoms with E-state index in [0.717, 1.165) is 10.5 Å². The Labute approximate surface area is 192 Å². The molecule has 0 aliphatic rings. The lowest BCUT2D eigenvalue weighted by atomic mass is 10.1. The highest BCUT2D eigenvalue weighted by atomic mass is 32.2. The molecule has 0 atom stereocenters. The van der Waals surface area contributed by atoms with Crippen LogP contribution in [0.15, 0.2) is 46.7 Å². The van der Waals surface area contributed by atoms with E-state index >= 15 is 0 Å². The summed E-state index contributed by atoms with van der Waals surface area (Å²) in [4.78, 5) is 29.4. The van der Waals surface area contributed by atoms with Gasteiger partial charge in [0, 0.05) is 29.0 Å². The summed E-state index contributed by atoms with van der Waals surface area (Å²) in [5.41, 5.74) is 1.05. The van der Waals surface area contributed by atoms with Crippen LogP contribution in [0.25, 0.3) is 11.3 Å². The Kier molecular flexibility index (Phi) is 8.03. The number of thiazole rings is 1. The largest absolute Gasteiger partial charge is 0.493 e. The summed E-state index contributed by atoms with van der Waals surface area (Å²) in [5.74, 6) is -0.319. The van der Waals surface area contributed by atoms with Crippen LogP contribution in [-0.4, -0.2) is 49.5 Å². The molecule has 0 radical (unpaired) electrons. The number of rotatable bonds is 10. The van der Waals surface area contributed by atoms with Gasteiger partial charge in [0.15, 0.2) is 16.6 Å². The number of methoxy groups -OCH3 is 2. The molecule has 9 nitrogen and oxygen atoms in total. The molecular formula is C21H21N3O6S2. The van der Waals surface area contributed by atoms with E-state index in [1.54, 1.807) is 11.8 Å². The zero-order chi connectivity index (χ0) is 23.1. The number of nitrogens with zero attached hydrogens (tertiary/aromatic N) is 2. The van der Waals surface area contributed by atoms with Crippen molar-refractivity contribution in [3.63, 3.8) is 0 Å². The molecule has 0 aliphatic heterocycles. The summed E-state index contributed by atoms with van der Waals surface area (Å²) in [6.07, 6.45) is 2.00. The molecule has 3 aromatic rings. The highest BCUT2D eigenvalue weighted by Gasteiger charge is 2.25. The Morgan fingerprint density at radius 2 is 1.94 bits per heavy atom. The van der Waals surface area contributed by atoms with Gasteiger partial charge < -0.3 is 14.2 Å². The number of aromatic nitrogens is 1. The molecular weight excluding hydrogens is 454 g/mol. The molecule has 0 saturated carbocycles. The molecule has 1 N–H and O–H groups in total. The first-order chi connectivity index (χ1) is 15.5. The summed E-state index contributed by atoms with van der Waals surface area (Å²) in [7, 11) is 2.90. The van der Waals surface area contributed by atoms with Crippen molar-refractivity contribution in [2.45, 2.75) is 4.90 Å². The fraction of sp³-hybridized carbons (Fsp3) is 0.238. The van der Waals surface area contributed by atoms with E-state index in [4.69, 9.17) is 14.2 Å². The van der Waals surface area contributed by atoms with Crippen molar-refractivity contribution >= 4 is 39.8 Å². The maximum Gasteiger partial charge on any atom is 0.286 e. The highest BCUT2D eigenvalue weighted by Crippen LogP contribution is 2.35. The number of nitro groups is 1. The van der Waals surface area contributed by atoms with Crippen molar-refractivity contribution in [2.75, 3.05) is 39.0 Å². The summed E-state index contributed by atoms with van der Waals surface area (Å²) in [6.45, 7) is 0.473. The first kappa shape index (κ1) is 23.5. The minimum Gasteiger partial charge on any atom is -0.493 e. The molecule has 0 aliphatic carbocycles. The van der Waals surface area contributed by atoms with E-state index < -0.39 is 16.5 Å². The Bertz CT molecular complexity index is 1100. The Hall–Kier alpha value is -3.15. The third-order valence-electron chi connectivity index (χ3n) is 4.38. The van der Waals surface area contributed by atoms with Crippen LogP contribution in [0.3, 0.4) is 0 Å². The number of thioether (sulfide) groups is 1. The molecule has 3 rings (SSSR count). The summed E-state index contributed by atoms with van der Waals surface area (Å²) in [6, 6.07) is 10.3. The van der Waals surface area contributed by atoms with Gasteiger partial charge in [0.25, 0.3) is 11.6 Å². The van der Waals surface area contributed by atoms with Crippen LogP contribution in [0, 0.1) is 10.1 Å². The fourth-order valence-electron chi connectivity index (χ4n) is 2.78. The molecule has 1 aromatic heterocycles. The molecule has 1 amide bonds.